The molecule has 138 valence electrons. The van der Waals surface area contributed by atoms with E-state index in [0.717, 1.165) is 11.1 Å². The summed E-state index contributed by atoms with van der Waals surface area (Å²) < 4.78 is 11.5. The van der Waals surface area contributed by atoms with Gasteiger partial charge in [-0.3, -0.25) is 10.1 Å². The minimum atomic E-state index is -0.503. The Morgan fingerprint density at radius 1 is 1.20 bits per heavy atom. The van der Waals surface area contributed by atoms with Crippen molar-refractivity contribution in [2.45, 2.75) is 59.2 Å². The van der Waals surface area contributed by atoms with Crippen LogP contribution in [0.3, 0.4) is 0 Å². The lowest BCUT2D eigenvalue weighted by Gasteiger charge is -2.34. The van der Waals surface area contributed by atoms with Gasteiger partial charge in [-0.25, -0.2) is 4.79 Å². The van der Waals surface area contributed by atoms with Crippen LogP contribution in [0.4, 0.5) is 10.5 Å². The van der Waals surface area contributed by atoms with E-state index in [1.807, 2.05) is 34.6 Å². The molecule has 0 radical (unpaired) electrons. The van der Waals surface area contributed by atoms with Crippen molar-refractivity contribution in [3.8, 4) is 5.75 Å². The van der Waals surface area contributed by atoms with Crippen LogP contribution >= 0.6 is 0 Å². The summed E-state index contributed by atoms with van der Waals surface area (Å²) in [4.78, 5) is 24.3. The molecule has 7 heteroatoms. The predicted octanol–water partition coefficient (Wildman–Crippen LogP) is 3.99. The summed E-state index contributed by atoms with van der Waals surface area (Å²) in [5, 5.41) is 10.9. The molecule has 7 nitrogen and oxygen atoms in total. The Morgan fingerprint density at radius 3 is 2.16 bits per heavy atom. The molecule has 1 aromatic rings. The highest BCUT2D eigenvalue weighted by Gasteiger charge is 2.28. The summed E-state index contributed by atoms with van der Waals surface area (Å²) >= 11 is 0. The number of nitrogens with zero attached hydrogens (tertiary/aromatic N) is 2. The molecule has 1 heterocycles. The lowest BCUT2D eigenvalue weighted by atomic mass is 10.1. The maximum Gasteiger partial charge on any atom is 0.410 e. The highest BCUT2D eigenvalue weighted by molar-refractivity contribution is 5.68. The van der Waals surface area contributed by atoms with Crippen LogP contribution in [0.1, 0.15) is 44.7 Å². The van der Waals surface area contributed by atoms with E-state index in [9.17, 15) is 14.9 Å². The Labute approximate surface area is 148 Å². The van der Waals surface area contributed by atoms with Gasteiger partial charge < -0.3 is 14.4 Å². The molecule has 1 aliphatic heterocycles. The van der Waals surface area contributed by atoms with Crippen LogP contribution < -0.4 is 4.74 Å². The number of carbonyl (C=O) groups excluding carboxylic acids is 1. The van der Waals surface area contributed by atoms with E-state index < -0.39 is 10.5 Å². The van der Waals surface area contributed by atoms with Gasteiger partial charge in [0.2, 0.25) is 0 Å². The lowest BCUT2D eigenvalue weighted by Crippen LogP contribution is -2.44. The topological polar surface area (TPSA) is 81.9 Å². The van der Waals surface area contributed by atoms with Gasteiger partial charge in [0, 0.05) is 38.1 Å². The van der Waals surface area contributed by atoms with Gasteiger partial charge in [-0.2, -0.15) is 0 Å². The Hall–Kier alpha value is -2.31. The Bertz CT molecular complexity index is 635. The van der Waals surface area contributed by atoms with Crippen LogP contribution in [-0.2, 0) is 4.74 Å². The Kier molecular flexibility index (Phi) is 5.55. The average Bonchev–Trinajstić information content (AvgIpc) is 2.49. The molecule has 0 saturated carbocycles. The summed E-state index contributed by atoms with van der Waals surface area (Å²) in [5.41, 5.74) is 1.07. The van der Waals surface area contributed by atoms with E-state index in [1.165, 1.54) is 12.1 Å². The highest BCUT2D eigenvalue weighted by atomic mass is 16.6. The number of rotatable bonds is 3. The Morgan fingerprint density at radius 2 is 1.72 bits per heavy atom. The molecule has 0 N–H and O–H groups in total. The SMILES string of the molecule is Cc1cc([N+](=O)[O-])cc(C)c1OC1CCN(C(=O)OC(C)(C)C)CC1. The first-order valence-electron chi connectivity index (χ1n) is 8.47. The molecule has 1 fully saturated rings. The van der Waals surface area contributed by atoms with Crippen molar-refractivity contribution in [3.05, 3.63) is 33.4 Å². The molecule has 0 aliphatic carbocycles. The smallest absolute Gasteiger partial charge is 0.410 e. The van der Waals surface area contributed by atoms with Crippen molar-refractivity contribution >= 4 is 11.8 Å². The number of piperidine rings is 1. The molecule has 0 spiro atoms. The summed E-state index contributed by atoms with van der Waals surface area (Å²) in [6.07, 6.45) is 1.09. The van der Waals surface area contributed by atoms with Crippen molar-refractivity contribution in [1.82, 2.24) is 4.90 Å². The van der Waals surface area contributed by atoms with Crippen molar-refractivity contribution in [2.75, 3.05) is 13.1 Å². The molecule has 0 aromatic heterocycles. The minimum absolute atomic E-state index is 0.0162. The van der Waals surface area contributed by atoms with Crippen LogP contribution in [0.25, 0.3) is 0 Å². The van der Waals surface area contributed by atoms with E-state index in [0.29, 0.717) is 31.7 Å². The normalized spacial score (nSPS) is 15.8. The van der Waals surface area contributed by atoms with Gasteiger partial charge in [0.25, 0.3) is 5.69 Å². The molecular formula is C18H26N2O5. The second kappa shape index (κ2) is 7.29. The van der Waals surface area contributed by atoms with Gasteiger partial charge in [0.05, 0.1) is 4.92 Å². The summed E-state index contributed by atoms with van der Waals surface area (Å²) in [7, 11) is 0. The van der Waals surface area contributed by atoms with Crippen LogP contribution in [0, 0.1) is 24.0 Å². The zero-order valence-corrected chi connectivity index (χ0v) is 15.5. The molecule has 2 rings (SSSR count). The fourth-order valence-corrected chi connectivity index (χ4v) is 2.87. The van der Waals surface area contributed by atoms with E-state index in [-0.39, 0.29) is 17.9 Å². The number of hydrogen-bond acceptors (Lipinski definition) is 5. The number of aryl methyl sites for hydroxylation is 2. The lowest BCUT2D eigenvalue weighted by molar-refractivity contribution is -0.385. The number of likely N-dealkylation sites (tertiary alicyclic amines) is 1. The molecule has 0 unspecified atom stereocenters. The number of benzene rings is 1. The zero-order chi connectivity index (χ0) is 18.8. The third-order valence-corrected chi connectivity index (χ3v) is 4.03. The number of amides is 1. The van der Waals surface area contributed by atoms with Crippen LogP contribution in [0.15, 0.2) is 12.1 Å². The van der Waals surface area contributed by atoms with Gasteiger partial charge in [0.1, 0.15) is 17.5 Å². The van der Waals surface area contributed by atoms with E-state index in [2.05, 4.69) is 0 Å². The molecule has 1 saturated heterocycles. The zero-order valence-electron chi connectivity index (χ0n) is 15.5. The van der Waals surface area contributed by atoms with Crippen LogP contribution in [0.5, 0.6) is 5.75 Å². The van der Waals surface area contributed by atoms with Gasteiger partial charge in [0.15, 0.2) is 0 Å². The van der Waals surface area contributed by atoms with Gasteiger partial charge in [-0.05, 0) is 45.7 Å². The molecule has 1 amide bonds. The number of non-ortho nitro benzene ring substituents is 1. The highest BCUT2D eigenvalue weighted by Crippen LogP contribution is 2.30. The molecule has 0 bridgehead atoms. The summed E-state index contributed by atoms with van der Waals surface area (Å²) in [6, 6.07) is 3.05. The predicted molar refractivity (Wildman–Crippen MR) is 94.0 cm³/mol. The van der Waals surface area contributed by atoms with Crippen molar-refractivity contribution < 1.29 is 19.2 Å². The number of hydrogen-bond donors (Lipinski definition) is 0. The second-order valence-corrected chi connectivity index (χ2v) is 7.45. The quantitative estimate of drug-likeness (QED) is 0.608. The standard InChI is InChI=1S/C18H26N2O5/c1-12-10-14(20(22)23)11-13(2)16(12)24-15-6-8-19(9-7-15)17(21)25-18(3,4)5/h10-11,15H,6-9H2,1-5H3. The van der Waals surface area contributed by atoms with Crippen molar-refractivity contribution in [2.24, 2.45) is 0 Å². The van der Waals surface area contributed by atoms with Gasteiger partial charge in [-0.1, -0.05) is 0 Å². The third kappa shape index (κ3) is 5.08. The third-order valence-electron chi connectivity index (χ3n) is 4.03. The van der Waals surface area contributed by atoms with Crippen molar-refractivity contribution in [1.29, 1.82) is 0 Å². The fraction of sp³-hybridized carbons (Fsp3) is 0.611. The maximum atomic E-state index is 12.1. The largest absolute Gasteiger partial charge is 0.490 e. The maximum absolute atomic E-state index is 12.1. The number of carbonyl (C=O) groups is 1. The minimum Gasteiger partial charge on any atom is -0.490 e. The monoisotopic (exact) mass is 350 g/mol. The number of nitro groups is 1. The molecule has 0 atom stereocenters. The van der Waals surface area contributed by atoms with E-state index in [4.69, 9.17) is 9.47 Å². The second-order valence-electron chi connectivity index (χ2n) is 7.45. The van der Waals surface area contributed by atoms with Gasteiger partial charge >= 0.3 is 6.09 Å². The first kappa shape index (κ1) is 19.0. The number of ether oxygens (including phenoxy) is 2. The fourth-order valence-electron chi connectivity index (χ4n) is 2.87. The first-order valence-corrected chi connectivity index (χ1v) is 8.47. The van der Waals surface area contributed by atoms with E-state index >= 15 is 0 Å². The van der Waals surface area contributed by atoms with Crippen LogP contribution in [0.2, 0.25) is 0 Å². The van der Waals surface area contributed by atoms with E-state index in [1.54, 1.807) is 4.90 Å². The van der Waals surface area contributed by atoms with Gasteiger partial charge in [-0.15, -0.1) is 0 Å². The summed E-state index contributed by atoms with van der Waals surface area (Å²) in [6.45, 7) is 10.3. The van der Waals surface area contributed by atoms with Crippen LogP contribution in [-0.4, -0.2) is 40.7 Å². The van der Waals surface area contributed by atoms with Crippen molar-refractivity contribution in [3.63, 3.8) is 0 Å². The Balaban J connectivity index is 1.96. The molecular weight excluding hydrogens is 324 g/mol. The molecule has 1 aliphatic rings. The average molecular weight is 350 g/mol. The number of nitro benzene ring substituents is 1. The summed E-state index contributed by atoms with van der Waals surface area (Å²) in [5.74, 6) is 0.696. The molecule has 25 heavy (non-hydrogen) atoms. The first-order chi connectivity index (χ1) is 11.6. The molecule has 1 aromatic carbocycles.